The standard InChI is InChI=1S/C20H30N4O5S/c1-29-20(26)23-11-12-24(17(15-23)14-22-9-5-6-10-22)19(25)13-16-7-3-4-8-18(16)21-30(2,27)28/h3-4,7-8,17,21H,5-6,9-15H2,1-2H3. The van der Waals surface area contributed by atoms with Crippen LogP contribution >= 0.6 is 0 Å². The summed E-state index contributed by atoms with van der Waals surface area (Å²) in [5, 5.41) is 0. The van der Waals surface area contributed by atoms with E-state index in [9.17, 15) is 18.0 Å². The van der Waals surface area contributed by atoms with Gasteiger partial charge in [0, 0.05) is 26.2 Å². The third-order valence-electron chi connectivity index (χ3n) is 5.56. The molecule has 30 heavy (non-hydrogen) atoms. The molecule has 166 valence electrons. The van der Waals surface area contributed by atoms with Gasteiger partial charge in [0.2, 0.25) is 15.9 Å². The maximum absolute atomic E-state index is 13.2. The first-order chi connectivity index (χ1) is 14.3. The van der Waals surface area contributed by atoms with Crippen LogP contribution in [0.3, 0.4) is 0 Å². The van der Waals surface area contributed by atoms with Crippen LogP contribution in [0.5, 0.6) is 0 Å². The fourth-order valence-corrected chi connectivity index (χ4v) is 4.73. The number of piperazine rings is 1. The number of para-hydroxylation sites is 1. The van der Waals surface area contributed by atoms with Crippen molar-refractivity contribution in [1.29, 1.82) is 0 Å². The molecule has 2 saturated heterocycles. The third-order valence-corrected chi connectivity index (χ3v) is 6.15. The predicted molar refractivity (Wildman–Crippen MR) is 114 cm³/mol. The Labute approximate surface area is 178 Å². The summed E-state index contributed by atoms with van der Waals surface area (Å²) in [5.74, 6) is -0.0773. The lowest BCUT2D eigenvalue weighted by Gasteiger charge is -2.42. The highest BCUT2D eigenvalue weighted by Gasteiger charge is 2.34. The highest BCUT2D eigenvalue weighted by atomic mass is 32.2. The Morgan fingerprint density at radius 2 is 1.83 bits per heavy atom. The number of hydrogen-bond donors (Lipinski definition) is 1. The smallest absolute Gasteiger partial charge is 0.409 e. The summed E-state index contributed by atoms with van der Waals surface area (Å²) < 4.78 is 30.7. The van der Waals surface area contributed by atoms with E-state index in [1.165, 1.54) is 7.11 Å². The summed E-state index contributed by atoms with van der Waals surface area (Å²) in [4.78, 5) is 31.0. The van der Waals surface area contributed by atoms with Gasteiger partial charge in [0.15, 0.2) is 0 Å². The van der Waals surface area contributed by atoms with Gasteiger partial charge in [-0.2, -0.15) is 0 Å². The van der Waals surface area contributed by atoms with Crippen molar-refractivity contribution in [2.45, 2.75) is 25.3 Å². The number of carbonyl (C=O) groups is 2. The van der Waals surface area contributed by atoms with Crippen molar-refractivity contribution < 1.29 is 22.7 Å². The number of methoxy groups -OCH3 is 1. The summed E-state index contributed by atoms with van der Waals surface area (Å²) in [6.07, 6.45) is 3.09. The van der Waals surface area contributed by atoms with Gasteiger partial charge >= 0.3 is 6.09 Å². The van der Waals surface area contributed by atoms with E-state index in [-0.39, 0.29) is 24.5 Å². The SMILES string of the molecule is COC(=O)N1CCN(C(=O)Cc2ccccc2NS(C)(=O)=O)C(CN2CCCC2)C1. The molecule has 9 nitrogen and oxygen atoms in total. The first-order valence-corrected chi connectivity index (χ1v) is 12.1. The molecule has 2 fully saturated rings. The van der Waals surface area contributed by atoms with Gasteiger partial charge < -0.3 is 19.4 Å². The van der Waals surface area contributed by atoms with Crippen molar-refractivity contribution in [2.24, 2.45) is 0 Å². The molecule has 0 radical (unpaired) electrons. The Hall–Kier alpha value is -2.33. The lowest BCUT2D eigenvalue weighted by molar-refractivity contribution is -0.135. The number of nitrogens with one attached hydrogen (secondary N) is 1. The second-order valence-corrected chi connectivity index (χ2v) is 9.62. The van der Waals surface area contributed by atoms with E-state index in [0.29, 0.717) is 37.4 Å². The zero-order valence-electron chi connectivity index (χ0n) is 17.5. The van der Waals surface area contributed by atoms with E-state index < -0.39 is 10.0 Å². The molecule has 0 aromatic heterocycles. The minimum Gasteiger partial charge on any atom is -0.453 e. The van der Waals surface area contributed by atoms with Gasteiger partial charge in [-0.25, -0.2) is 13.2 Å². The molecular formula is C20H30N4O5S. The van der Waals surface area contributed by atoms with Crippen LogP contribution < -0.4 is 4.72 Å². The Balaban J connectivity index is 1.75. The molecule has 0 spiro atoms. The maximum Gasteiger partial charge on any atom is 0.409 e. The molecule has 2 amide bonds. The molecular weight excluding hydrogens is 408 g/mol. The van der Waals surface area contributed by atoms with Gasteiger partial charge in [0.25, 0.3) is 0 Å². The number of ether oxygens (including phenoxy) is 1. The van der Waals surface area contributed by atoms with Crippen molar-refractivity contribution in [2.75, 3.05) is 57.4 Å². The van der Waals surface area contributed by atoms with E-state index in [1.54, 1.807) is 29.2 Å². The molecule has 1 atom stereocenters. The molecule has 2 heterocycles. The Morgan fingerprint density at radius 3 is 2.50 bits per heavy atom. The minimum atomic E-state index is -3.45. The summed E-state index contributed by atoms with van der Waals surface area (Å²) in [7, 11) is -2.08. The van der Waals surface area contributed by atoms with Gasteiger partial charge in [-0.3, -0.25) is 9.52 Å². The molecule has 1 aromatic rings. The number of sulfonamides is 1. The van der Waals surface area contributed by atoms with Crippen molar-refractivity contribution >= 4 is 27.7 Å². The average Bonchev–Trinajstić information content (AvgIpc) is 3.20. The predicted octanol–water partition coefficient (Wildman–Crippen LogP) is 0.976. The van der Waals surface area contributed by atoms with Crippen LogP contribution in [0.1, 0.15) is 18.4 Å². The fraction of sp³-hybridized carbons (Fsp3) is 0.600. The number of nitrogens with zero attached hydrogens (tertiary/aromatic N) is 3. The van der Waals surface area contributed by atoms with Crippen LogP contribution in [0.2, 0.25) is 0 Å². The number of anilines is 1. The van der Waals surface area contributed by atoms with E-state index in [1.807, 2.05) is 4.90 Å². The van der Waals surface area contributed by atoms with Gasteiger partial charge in [-0.15, -0.1) is 0 Å². The lowest BCUT2D eigenvalue weighted by Crippen LogP contribution is -2.59. The summed E-state index contributed by atoms with van der Waals surface area (Å²) in [6.45, 7) is 3.97. The van der Waals surface area contributed by atoms with Gasteiger partial charge in [0.1, 0.15) is 0 Å². The van der Waals surface area contributed by atoms with Crippen LogP contribution in [-0.2, 0) is 26.0 Å². The molecule has 1 aromatic carbocycles. The largest absolute Gasteiger partial charge is 0.453 e. The lowest BCUT2D eigenvalue weighted by atomic mass is 10.1. The fourth-order valence-electron chi connectivity index (χ4n) is 4.14. The summed E-state index contributed by atoms with van der Waals surface area (Å²) >= 11 is 0. The van der Waals surface area contributed by atoms with Crippen LogP contribution in [0.25, 0.3) is 0 Å². The summed E-state index contributed by atoms with van der Waals surface area (Å²) in [6, 6.07) is 6.80. The molecule has 2 aliphatic rings. The third kappa shape index (κ3) is 5.85. The molecule has 0 bridgehead atoms. The minimum absolute atomic E-state index is 0.0773. The number of carbonyl (C=O) groups excluding carboxylic acids is 2. The number of likely N-dealkylation sites (tertiary alicyclic amines) is 1. The molecule has 1 N–H and O–H groups in total. The Kier molecular flexibility index (Phi) is 7.19. The van der Waals surface area contributed by atoms with Crippen LogP contribution in [0, 0.1) is 0 Å². The normalized spacial score (nSPS) is 20.3. The topological polar surface area (TPSA) is 99.3 Å². The van der Waals surface area contributed by atoms with Crippen LogP contribution in [0.4, 0.5) is 10.5 Å². The van der Waals surface area contributed by atoms with E-state index in [2.05, 4.69) is 9.62 Å². The van der Waals surface area contributed by atoms with Gasteiger partial charge in [0.05, 0.1) is 31.5 Å². The van der Waals surface area contributed by atoms with Gasteiger partial charge in [-0.05, 0) is 37.6 Å². The average molecular weight is 439 g/mol. The number of rotatable bonds is 6. The van der Waals surface area contributed by atoms with Crippen molar-refractivity contribution in [3.63, 3.8) is 0 Å². The zero-order chi connectivity index (χ0) is 21.7. The first-order valence-electron chi connectivity index (χ1n) is 10.2. The van der Waals surface area contributed by atoms with Crippen LogP contribution in [0.15, 0.2) is 24.3 Å². The number of amides is 2. The summed E-state index contributed by atoms with van der Waals surface area (Å²) in [5.41, 5.74) is 1.04. The van der Waals surface area contributed by atoms with E-state index in [0.717, 1.165) is 32.2 Å². The second-order valence-electron chi connectivity index (χ2n) is 7.87. The quantitative estimate of drug-likeness (QED) is 0.711. The van der Waals surface area contributed by atoms with Crippen molar-refractivity contribution in [3.8, 4) is 0 Å². The number of benzene rings is 1. The molecule has 2 aliphatic heterocycles. The van der Waals surface area contributed by atoms with E-state index >= 15 is 0 Å². The second kappa shape index (κ2) is 9.65. The molecule has 1 unspecified atom stereocenters. The first kappa shape index (κ1) is 22.4. The highest BCUT2D eigenvalue weighted by molar-refractivity contribution is 7.92. The monoisotopic (exact) mass is 438 g/mol. The van der Waals surface area contributed by atoms with Crippen LogP contribution in [-0.4, -0.2) is 93.8 Å². The highest BCUT2D eigenvalue weighted by Crippen LogP contribution is 2.21. The number of hydrogen-bond acceptors (Lipinski definition) is 6. The molecule has 0 saturated carbocycles. The molecule has 3 rings (SSSR count). The zero-order valence-corrected chi connectivity index (χ0v) is 18.4. The van der Waals surface area contributed by atoms with Crippen molar-refractivity contribution in [1.82, 2.24) is 14.7 Å². The Bertz CT molecular complexity index is 870. The van der Waals surface area contributed by atoms with E-state index in [4.69, 9.17) is 4.74 Å². The maximum atomic E-state index is 13.2. The van der Waals surface area contributed by atoms with Crippen molar-refractivity contribution in [3.05, 3.63) is 29.8 Å². The molecule has 0 aliphatic carbocycles. The molecule has 10 heteroatoms. The Morgan fingerprint density at radius 1 is 1.13 bits per heavy atom. The van der Waals surface area contributed by atoms with Gasteiger partial charge in [-0.1, -0.05) is 18.2 Å².